The van der Waals surface area contributed by atoms with E-state index >= 15 is 0 Å². The van der Waals surface area contributed by atoms with Crippen LogP contribution in [0.5, 0.6) is 0 Å². The second-order valence-electron chi connectivity index (χ2n) is 8.63. The number of aromatic nitrogens is 2. The number of carbonyl (C=O) groups is 1. The van der Waals surface area contributed by atoms with Crippen LogP contribution >= 0.6 is 0 Å². The average Bonchev–Trinajstić information content (AvgIpc) is 3.25. The molecule has 1 aromatic heterocycles. The topological polar surface area (TPSA) is 76.2 Å². The van der Waals surface area contributed by atoms with E-state index < -0.39 is 0 Å². The van der Waals surface area contributed by atoms with Gasteiger partial charge in [-0.05, 0) is 43.1 Å². The van der Waals surface area contributed by atoms with Crippen molar-refractivity contribution in [2.75, 3.05) is 13.1 Å². The Morgan fingerprint density at radius 3 is 2.88 bits per heavy atom. The molecule has 0 aromatic carbocycles. The molecule has 1 aromatic rings. The molecule has 2 heterocycles. The Labute approximate surface area is 150 Å². The summed E-state index contributed by atoms with van der Waals surface area (Å²) in [6, 6.07) is 2.20. The van der Waals surface area contributed by atoms with Crippen LogP contribution in [0.4, 0.5) is 0 Å². The van der Waals surface area contributed by atoms with E-state index in [1.54, 1.807) is 0 Å². The minimum Gasteiger partial charge on any atom is -0.350 e. The van der Waals surface area contributed by atoms with Gasteiger partial charge in [-0.1, -0.05) is 13.8 Å². The first-order chi connectivity index (χ1) is 12.0. The molecule has 1 aliphatic heterocycles. The lowest BCUT2D eigenvalue weighted by Gasteiger charge is -2.28. The van der Waals surface area contributed by atoms with Gasteiger partial charge in [-0.25, -0.2) is 0 Å². The molecule has 2 bridgehead atoms. The quantitative estimate of drug-likeness (QED) is 0.844. The molecule has 25 heavy (non-hydrogen) atoms. The Kier molecular flexibility index (Phi) is 4.58. The average molecular weight is 345 g/mol. The SMILES string of the molecule is CC(C)CN1CCn2nc(CNC(=O)[C@H]3[C@H]4CC[C@H](C4)[C@H]3N)cc2C1. The molecule has 2 fully saturated rings. The highest BCUT2D eigenvalue weighted by atomic mass is 16.1. The second kappa shape index (κ2) is 6.72. The van der Waals surface area contributed by atoms with E-state index in [1.807, 2.05) is 0 Å². The van der Waals surface area contributed by atoms with Gasteiger partial charge in [0, 0.05) is 25.7 Å². The van der Waals surface area contributed by atoms with E-state index in [0.717, 1.165) is 38.3 Å². The maximum atomic E-state index is 12.6. The molecule has 3 N–H and O–H groups in total. The zero-order chi connectivity index (χ0) is 17.6. The van der Waals surface area contributed by atoms with Gasteiger partial charge in [0.15, 0.2) is 0 Å². The Morgan fingerprint density at radius 1 is 1.36 bits per heavy atom. The molecule has 0 saturated heterocycles. The highest BCUT2D eigenvalue weighted by molar-refractivity contribution is 5.80. The third-order valence-corrected chi connectivity index (χ3v) is 6.28. The van der Waals surface area contributed by atoms with Gasteiger partial charge < -0.3 is 11.1 Å². The highest BCUT2D eigenvalue weighted by Gasteiger charge is 2.48. The van der Waals surface area contributed by atoms with E-state index in [2.05, 4.69) is 39.9 Å². The van der Waals surface area contributed by atoms with Gasteiger partial charge >= 0.3 is 0 Å². The van der Waals surface area contributed by atoms with Crippen molar-refractivity contribution in [2.24, 2.45) is 29.4 Å². The molecule has 2 aliphatic carbocycles. The summed E-state index contributed by atoms with van der Waals surface area (Å²) in [5.74, 6) is 1.89. The standard InChI is InChI=1S/C19H31N5O/c1-12(2)10-23-5-6-24-16(11-23)8-15(22-24)9-21-19(25)17-13-3-4-14(7-13)18(17)20/h8,12-14,17-18H,3-7,9-11,20H2,1-2H3,(H,21,25)/t13-,14+,17-,18+/m0/s1. The summed E-state index contributed by atoms with van der Waals surface area (Å²) in [5, 5.41) is 7.77. The lowest BCUT2D eigenvalue weighted by molar-refractivity contribution is -0.127. The monoisotopic (exact) mass is 345 g/mol. The molecule has 138 valence electrons. The fourth-order valence-electron chi connectivity index (χ4n) is 5.16. The third-order valence-electron chi connectivity index (χ3n) is 6.28. The molecule has 6 heteroatoms. The second-order valence-corrected chi connectivity index (χ2v) is 8.63. The smallest absolute Gasteiger partial charge is 0.225 e. The summed E-state index contributed by atoms with van der Waals surface area (Å²) >= 11 is 0. The predicted molar refractivity (Wildman–Crippen MR) is 96.5 cm³/mol. The number of nitrogens with one attached hydrogen (secondary N) is 1. The number of nitrogens with two attached hydrogens (primary N) is 1. The van der Waals surface area contributed by atoms with E-state index in [0.29, 0.717) is 24.3 Å². The molecule has 1 amide bonds. The number of hydrogen-bond acceptors (Lipinski definition) is 4. The highest BCUT2D eigenvalue weighted by Crippen LogP contribution is 2.47. The number of carbonyl (C=O) groups excluding carboxylic acids is 1. The van der Waals surface area contributed by atoms with Crippen LogP contribution in [0.2, 0.25) is 0 Å². The Balaban J connectivity index is 1.34. The Bertz CT molecular complexity index is 638. The van der Waals surface area contributed by atoms with Crippen molar-refractivity contribution in [3.05, 3.63) is 17.5 Å². The van der Waals surface area contributed by atoms with E-state index in [1.165, 1.54) is 18.5 Å². The minimum absolute atomic E-state index is 0.0116. The molecule has 2 saturated carbocycles. The number of nitrogens with zero attached hydrogens (tertiary/aromatic N) is 3. The van der Waals surface area contributed by atoms with Crippen LogP contribution in [0, 0.1) is 23.7 Å². The van der Waals surface area contributed by atoms with Crippen molar-refractivity contribution in [1.29, 1.82) is 0 Å². The maximum Gasteiger partial charge on any atom is 0.225 e. The van der Waals surface area contributed by atoms with Gasteiger partial charge in [-0.15, -0.1) is 0 Å². The number of fused-ring (bicyclic) bond motifs is 3. The summed E-state index contributed by atoms with van der Waals surface area (Å²) in [7, 11) is 0. The fraction of sp³-hybridized carbons (Fsp3) is 0.789. The Hall–Kier alpha value is -1.40. The Morgan fingerprint density at radius 2 is 2.16 bits per heavy atom. The molecule has 4 atom stereocenters. The molecule has 4 rings (SSSR count). The first-order valence-electron chi connectivity index (χ1n) is 9.82. The summed E-state index contributed by atoms with van der Waals surface area (Å²) < 4.78 is 2.10. The fourth-order valence-corrected chi connectivity index (χ4v) is 5.16. The third kappa shape index (κ3) is 3.34. The van der Waals surface area contributed by atoms with Crippen LogP contribution in [0.1, 0.15) is 44.5 Å². The van der Waals surface area contributed by atoms with Crippen molar-refractivity contribution in [3.8, 4) is 0 Å². The lowest BCUT2D eigenvalue weighted by Crippen LogP contribution is -2.45. The van der Waals surface area contributed by atoms with Crippen molar-refractivity contribution < 1.29 is 4.79 Å². The van der Waals surface area contributed by atoms with Gasteiger partial charge in [0.2, 0.25) is 5.91 Å². The molecule has 6 nitrogen and oxygen atoms in total. The van der Waals surface area contributed by atoms with E-state index in [9.17, 15) is 4.79 Å². The van der Waals surface area contributed by atoms with Crippen LogP contribution in [0.25, 0.3) is 0 Å². The molecule has 3 aliphatic rings. The zero-order valence-corrected chi connectivity index (χ0v) is 15.4. The van der Waals surface area contributed by atoms with Crippen molar-refractivity contribution in [3.63, 3.8) is 0 Å². The number of amides is 1. The van der Waals surface area contributed by atoms with Crippen LogP contribution in [-0.2, 0) is 24.4 Å². The van der Waals surface area contributed by atoms with E-state index in [-0.39, 0.29) is 17.9 Å². The summed E-state index contributed by atoms with van der Waals surface area (Å²) in [4.78, 5) is 15.1. The molecule has 0 spiro atoms. The van der Waals surface area contributed by atoms with Gasteiger partial charge in [0.25, 0.3) is 0 Å². The first kappa shape index (κ1) is 17.0. The lowest BCUT2D eigenvalue weighted by atomic mass is 9.84. The number of hydrogen-bond donors (Lipinski definition) is 2. The summed E-state index contributed by atoms with van der Waals surface area (Å²) in [6.07, 6.45) is 3.51. The van der Waals surface area contributed by atoms with Gasteiger partial charge in [0.1, 0.15) is 0 Å². The molecular weight excluding hydrogens is 314 g/mol. The van der Waals surface area contributed by atoms with Crippen LogP contribution in [-0.4, -0.2) is 39.7 Å². The van der Waals surface area contributed by atoms with Crippen molar-refractivity contribution in [1.82, 2.24) is 20.0 Å². The van der Waals surface area contributed by atoms with Gasteiger partial charge in [-0.2, -0.15) is 5.10 Å². The van der Waals surface area contributed by atoms with Crippen molar-refractivity contribution in [2.45, 2.75) is 58.8 Å². The summed E-state index contributed by atoms with van der Waals surface area (Å²) in [5.41, 5.74) is 8.50. The van der Waals surface area contributed by atoms with Crippen LogP contribution in [0.15, 0.2) is 6.07 Å². The first-order valence-corrected chi connectivity index (χ1v) is 9.82. The van der Waals surface area contributed by atoms with Crippen LogP contribution < -0.4 is 11.1 Å². The van der Waals surface area contributed by atoms with Gasteiger partial charge in [-0.3, -0.25) is 14.4 Å². The summed E-state index contributed by atoms with van der Waals surface area (Å²) in [6.45, 7) is 9.10. The largest absolute Gasteiger partial charge is 0.350 e. The van der Waals surface area contributed by atoms with E-state index in [4.69, 9.17) is 5.73 Å². The van der Waals surface area contributed by atoms with Gasteiger partial charge in [0.05, 0.1) is 30.4 Å². The normalized spacial score (nSPS) is 31.5. The minimum atomic E-state index is 0.0116. The molecular formula is C19H31N5O. The van der Waals surface area contributed by atoms with Crippen molar-refractivity contribution >= 4 is 5.91 Å². The molecule has 0 radical (unpaired) electrons. The maximum absolute atomic E-state index is 12.6. The number of rotatable bonds is 5. The molecule has 0 unspecified atom stereocenters. The van der Waals surface area contributed by atoms with Crippen LogP contribution in [0.3, 0.4) is 0 Å². The predicted octanol–water partition coefficient (Wildman–Crippen LogP) is 1.34. The zero-order valence-electron chi connectivity index (χ0n) is 15.4.